The summed E-state index contributed by atoms with van der Waals surface area (Å²) in [6, 6.07) is 3.32. The Bertz CT molecular complexity index is 542. The fourth-order valence-electron chi connectivity index (χ4n) is 2.01. The number of carboxylic acids is 1. The average molecular weight is 250 g/mol. The lowest BCUT2D eigenvalue weighted by atomic mass is 10.1. The average Bonchev–Trinajstić information content (AvgIpc) is 2.77. The summed E-state index contributed by atoms with van der Waals surface area (Å²) in [4.78, 5) is 23.7. The zero-order valence-corrected chi connectivity index (χ0v) is 9.30. The molecule has 0 bridgehead atoms. The van der Waals surface area contributed by atoms with Gasteiger partial charge in [0.15, 0.2) is 11.5 Å². The molecule has 0 saturated carbocycles. The van der Waals surface area contributed by atoms with Crippen LogP contribution in [0.15, 0.2) is 12.1 Å². The molecule has 2 aliphatic heterocycles. The van der Waals surface area contributed by atoms with E-state index < -0.39 is 5.97 Å². The van der Waals surface area contributed by atoms with Crippen LogP contribution in [0.3, 0.4) is 0 Å². The van der Waals surface area contributed by atoms with Crippen LogP contribution in [-0.4, -0.2) is 36.9 Å². The van der Waals surface area contributed by atoms with E-state index in [0.717, 1.165) is 0 Å². The van der Waals surface area contributed by atoms with Gasteiger partial charge >= 0.3 is 5.97 Å². The van der Waals surface area contributed by atoms with Gasteiger partial charge in [-0.05, 0) is 0 Å². The molecule has 0 fully saturated rings. The largest absolute Gasteiger partial charge is 0.480 e. The Hall–Kier alpha value is -2.44. The van der Waals surface area contributed by atoms with Gasteiger partial charge in [-0.15, -0.1) is 0 Å². The summed E-state index contributed by atoms with van der Waals surface area (Å²) in [6.45, 7) is -0.168. The van der Waals surface area contributed by atoms with Gasteiger partial charge in [0.25, 0.3) is 0 Å². The highest BCUT2D eigenvalue weighted by atomic mass is 16.7. The van der Waals surface area contributed by atoms with Gasteiger partial charge in [-0.1, -0.05) is 0 Å². The Morgan fingerprint density at radius 3 is 2.83 bits per heavy atom. The number of carboxylic acid groups (broad SMARTS) is 1. The lowest BCUT2D eigenvalue weighted by Gasteiger charge is -2.29. The van der Waals surface area contributed by atoms with Crippen molar-refractivity contribution in [3.8, 4) is 11.5 Å². The fraction of sp³-hybridized carbons (Fsp3) is 0.273. The summed E-state index contributed by atoms with van der Waals surface area (Å²) in [7, 11) is 0. The maximum Gasteiger partial charge on any atom is 0.323 e. The molecule has 0 unspecified atom stereocenters. The molecular weight excluding hydrogens is 240 g/mol. The number of rotatable bonds is 2. The number of anilines is 2. The molecule has 0 aliphatic carbocycles. The third-order valence-electron chi connectivity index (χ3n) is 2.81. The van der Waals surface area contributed by atoms with Crippen molar-refractivity contribution in [3.63, 3.8) is 0 Å². The molecule has 1 aromatic rings. The van der Waals surface area contributed by atoms with Gasteiger partial charge in [0.1, 0.15) is 6.54 Å². The summed E-state index contributed by atoms with van der Waals surface area (Å²) in [5, 5.41) is 11.8. The van der Waals surface area contributed by atoms with Crippen LogP contribution in [0.5, 0.6) is 11.5 Å². The Labute approximate surface area is 102 Å². The van der Waals surface area contributed by atoms with Crippen LogP contribution in [0, 0.1) is 0 Å². The number of hydrogen-bond acceptors (Lipinski definition) is 5. The van der Waals surface area contributed by atoms with Crippen molar-refractivity contribution in [2.75, 3.05) is 30.1 Å². The van der Waals surface area contributed by atoms with Crippen molar-refractivity contribution in [2.45, 2.75) is 0 Å². The second-order valence-corrected chi connectivity index (χ2v) is 3.95. The predicted octanol–water partition coefficient (Wildman–Crippen LogP) is 0.258. The van der Waals surface area contributed by atoms with Crippen LogP contribution >= 0.6 is 0 Å². The molecule has 94 valence electrons. The predicted molar refractivity (Wildman–Crippen MR) is 61.0 cm³/mol. The summed E-state index contributed by atoms with van der Waals surface area (Å²) >= 11 is 0. The van der Waals surface area contributed by atoms with Crippen molar-refractivity contribution in [1.82, 2.24) is 0 Å². The maximum atomic E-state index is 11.7. The summed E-state index contributed by atoms with van der Waals surface area (Å²) < 4.78 is 10.4. The van der Waals surface area contributed by atoms with E-state index in [1.165, 1.54) is 4.90 Å². The number of benzene rings is 1. The molecule has 1 amide bonds. The Morgan fingerprint density at radius 2 is 2.11 bits per heavy atom. The minimum atomic E-state index is -1.06. The highest BCUT2D eigenvalue weighted by Crippen LogP contribution is 2.42. The quantitative estimate of drug-likeness (QED) is 0.782. The number of amides is 1. The van der Waals surface area contributed by atoms with Crippen LogP contribution in [0.4, 0.5) is 11.4 Å². The normalized spacial score (nSPS) is 16.2. The van der Waals surface area contributed by atoms with E-state index in [0.29, 0.717) is 22.9 Å². The summed E-state index contributed by atoms with van der Waals surface area (Å²) in [5.41, 5.74) is 1.16. The molecule has 3 rings (SSSR count). The molecule has 7 heteroatoms. The number of nitrogens with one attached hydrogen (secondary N) is 1. The second-order valence-electron chi connectivity index (χ2n) is 3.95. The molecule has 2 N–H and O–H groups in total. The van der Waals surface area contributed by atoms with Crippen molar-refractivity contribution in [3.05, 3.63) is 12.1 Å². The Balaban J connectivity index is 2.04. The maximum absolute atomic E-state index is 11.7. The Kier molecular flexibility index (Phi) is 2.26. The monoisotopic (exact) mass is 250 g/mol. The van der Waals surface area contributed by atoms with E-state index in [9.17, 15) is 9.59 Å². The summed E-state index contributed by atoms with van der Waals surface area (Å²) in [6.07, 6.45) is 0. The molecule has 1 aromatic carbocycles. The smallest absolute Gasteiger partial charge is 0.323 e. The fourth-order valence-corrected chi connectivity index (χ4v) is 2.01. The van der Waals surface area contributed by atoms with Crippen molar-refractivity contribution in [2.24, 2.45) is 0 Å². The molecule has 0 spiro atoms. The molecule has 2 heterocycles. The van der Waals surface area contributed by atoms with Gasteiger partial charge < -0.3 is 19.9 Å². The van der Waals surface area contributed by atoms with Gasteiger partial charge in [0.2, 0.25) is 12.7 Å². The Morgan fingerprint density at radius 1 is 1.39 bits per heavy atom. The van der Waals surface area contributed by atoms with Crippen LogP contribution in [0.2, 0.25) is 0 Å². The van der Waals surface area contributed by atoms with E-state index in [-0.39, 0.29) is 25.8 Å². The number of nitrogens with zero attached hydrogens (tertiary/aromatic N) is 1. The molecule has 0 radical (unpaired) electrons. The molecule has 0 atom stereocenters. The van der Waals surface area contributed by atoms with Crippen molar-refractivity contribution < 1.29 is 24.2 Å². The number of hydrogen-bond donors (Lipinski definition) is 2. The van der Waals surface area contributed by atoms with Crippen molar-refractivity contribution in [1.29, 1.82) is 0 Å². The molecule has 7 nitrogen and oxygen atoms in total. The van der Waals surface area contributed by atoms with Gasteiger partial charge in [-0.2, -0.15) is 0 Å². The number of fused-ring (bicyclic) bond motifs is 2. The van der Waals surface area contributed by atoms with Crippen LogP contribution in [0.25, 0.3) is 0 Å². The van der Waals surface area contributed by atoms with Crippen LogP contribution in [0.1, 0.15) is 0 Å². The van der Waals surface area contributed by atoms with E-state index in [4.69, 9.17) is 14.6 Å². The topological polar surface area (TPSA) is 88.1 Å². The molecule has 0 aromatic heterocycles. The summed E-state index contributed by atoms with van der Waals surface area (Å²) in [5.74, 6) is -0.246. The van der Waals surface area contributed by atoms with Crippen molar-refractivity contribution >= 4 is 23.3 Å². The SMILES string of the molecule is O=C(O)CN1C(=O)CNc2cc3c(cc21)OCO3. The first-order valence-corrected chi connectivity index (χ1v) is 5.35. The zero-order valence-electron chi connectivity index (χ0n) is 9.30. The van der Waals surface area contributed by atoms with E-state index in [2.05, 4.69) is 5.32 Å². The lowest BCUT2D eigenvalue weighted by Crippen LogP contribution is -2.42. The van der Waals surface area contributed by atoms with Crippen LogP contribution < -0.4 is 19.7 Å². The molecule has 2 aliphatic rings. The van der Waals surface area contributed by atoms with E-state index in [1.54, 1.807) is 12.1 Å². The van der Waals surface area contributed by atoms with Gasteiger partial charge in [-0.25, -0.2) is 0 Å². The lowest BCUT2D eigenvalue weighted by molar-refractivity contribution is -0.136. The zero-order chi connectivity index (χ0) is 12.7. The second kappa shape index (κ2) is 3.80. The van der Waals surface area contributed by atoms with Gasteiger partial charge in [0, 0.05) is 12.1 Å². The van der Waals surface area contributed by atoms with E-state index in [1.807, 2.05) is 0 Å². The highest BCUT2D eigenvalue weighted by Gasteiger charge is 2.28. The van der Waals surface area contributed by atoms with Gasteiger partial charge in [-0.3, -0.25) is 14.5 Å². The first-order chi connectivity index (χ1) is 8.65. The number of carbonyl (C=O) groups is 2. The first-order valence-electron chi connectivity index (χ1n) is 5.35. The third-order valence-corrected chi connectivity index (χ3v) is 2.81. The third kappa shape index (κ3) is 1.60. The highest BCUT2D eigenvalue weighted by molar-refractivity contribution is 6.05. The molecule has 0 saturated heterocycles. The number of ether oxygens (including phenoxy) is 2. The minimum Gasteiger partial charge on any atom is -0.480 e. The van der Waals surface area contributed by atoms with Gasteiger partial charge in [0.05, 0.1) is 17.9 Å². The standard InChI is InChI=1S/C11H10N2O5/c14-10-3-12-6-1-8-9(18-5-17-8)2-7(6)13(10)4-11(15)16/h1-2,12H,3-5H2,(H,15,16). The molecular formula is C11H10N2O5. The number of carbonyl (C=O) groups excluding carboxylic acids is 1. The van der Waals surface area contributed by atoms with E-state index >= 15 is 0 Å². The first kappa shape index (κ1) is 10.7. The van der Waals surface area contributed by atoms with Crippen LogP contribution in [-0.2, 0) is 9.59 Å². The minimum absolute atomic E-state index is 0.0694. The number of aliphatic carboxylic acids is 1. The molecule has 18 heavy (non-hydrogen) atoms.